The lowest BCUT2D eigenvalue weighted by atomic mass is 10.1. The van der Waals surface area contributed by atoms with Crippen LogP contribution in [-0.2, 0) is 5.75 Å². The van der Waals surface area contributed by atoms with Crippen LogP contribution < -0.4 is 5.73 Å². The summed E-state index contributed by atoms with van der Waals surface area (Å²) >= 11 is 1.41. The molecular weight excluding hydrogens is 323 g/mol. The van der Waals surface area contributed by atoms with Crippen molar-refractivity contribution in [1.29, 1.82) is 0 Å². The standard InChI is InChI=1S/C18H15FN4S/c19-16-9-8-14(17-15(16)7-4-10-21-17)11-22-23-18(20)24-12-13-5-2-1-3-6-13/h1-11H,12H2,(H2,20,23). The number of aromatic nitrogens is 1. The summed E-state index contributed by atoms with van der Waals surface area (Å²) in [6, 6.07) is 16.4. The highest BCUT2D eigenvalue weighted by Gasteiger charge is 2.04. The lowest BCUT2D eigenvalue weighted by Crippen LogP contribution is -2.06. The number of thioether (sulfide) groups is 1. The van der Waals surface area contributed by atoms with Gasteiger partial charge in [-0.25, -0.2) is 4.39 Å². The number of pyridine rings is 1. The Hall–Kier alpha value is -2.73. The zero-order chi connectivity index (χ0) is 16.8. The van der Waals surface area contributed by atoms with E-state index in [1.807, 2.05) is 30.3 Å². The van der Waals surface area contributed by atoms with Gasteiger partial charge in [0, 0.05) is 22.9 Å². The van der Waals surface area contributed by atoms with Gasteiger partial charge >= 0.3 is 0 Å². The Balaban J connectivity index is 1.71. The van der Waals surface area contributed by atoms with Gasteiger partial charge in [-0.3, -0.25) is 4.98 Å². The minimum absolute atomic E-state index is 0.309. The highest BCUT2D eigenvalue weighted by atomic mass is 32.2. The van der Waals surface area contributed by atoms with Crippen LogP contribution in [0.25, 0.3) is 10.9 Å². The molecule has 0 spiro atoms. The number of amidine groups is 1. The number of nitrogens with zero attached hydrogens (tertiary/aromatic N) is 3. The van der Waals surface area contributed by atoms with E-state index in [1.165, 1.54) is 29.6 Å². The SMILES string of the molecule is NC(=NN=Cc1ccc(F)c2cccnc12)SCc1ccccc1. The molecule has 4 nitrogen and oxygen atoms in total. The highest BCUT2D eigenvalue weighted by Crippen LogP contribution is 2.18. The first-order valence-corrected chi connectivity index (χ1v) is 8.29. The van der Waals surface area contributed by atoms with Gasteiger partial charge in [-0.05, 0) is 29.8 Å². The predicted octanol–water partition coefficient (Wildman–Crippen LogP) is 3.96. The van der Waals surface area contributed by atoms with Crippen molar-refractivity contribution >= 4 is 34.0 Å². The van der Waals surface area contributed by atoms with E-state index in [4.69, 9.17) is 5.73 Å². The van der Waals surface area contributed by atoms with Gasteiger partial charge in [0.05, 0.1) is 11.7 Å². The van der Waals surface area contributed by atoms with E-state index in [0.29, 0.717) is 21.6 Å². The fourth-order valence-corrected chi connectivity index (χ4v) is 2.78. The topological polar surface area (TPSA) is 63.6 Å². The van der Waals surface area contributed by atoms with Crippen molar-refractivity contribution in [2.24, 2.45) is 15.9 Å². The normalized spacial score (nSPS) is 12.1. The second-order valence-electron chi connectivity index (χ2n) is 4.99. The van der Waals surface area contributed by atoms with Crippen molar-refractivity contribution in [2.75, 3.05) is 0 Å². The van der Waals surface area contributed by atoms with Gasteiger partial charge in [0.1, 0.15) is 5.82 Å². The number of hydrogen-bond acceptors (Lipinski definition) is 4. The third-order valence-electron chi connectivity index (χ3n) is 3.33. The molecule has 1 heterocycles. The van der Waals surface area contributed by atoms with Crippen molar-refractivity contribution < 1.29 is 4.39 Å². The summed E-state index contributed by atoms with van der Waals surface area (Å²) in [7, 11) is 0. The van der Waals surface area contributed by atoms with Gasteiger partial charge in [-0.2, -0.15) is 5.10 Å². The van der Waals surface area contributed by atoms with Gasteiger partial charge in [0.25, 0.3) is 0 Å². The average Bonchev–Trinajstić information content (AvgIpc) is 2.63. The first kappa shape index (κ1) is 16.1. The summed E-state index contributed by atoms with van der Waals surface area (Å²) in [5.41, 5.74) is 8.25. The smallest absolute Gasteiger partial charge is 0.180 e. The van der Waals surface area contributed by atoms with Crippen LogP contribution >= 0.6 is 11.8 Å². The number of benzene rings is 2. The summed E-state index contributed by atoms with van der Waals surface area (Å²) in [5.74, 6) is 0.420. The van der Waals surface area contributed by atoms with Crippen LogP contribution in [-0.4, -0.2) is 16.4 Å². The number of hydrogen-bond donors (Lipinski definition) is 1. The van der Waals surface area contributed by atoms with Crippen LogP contribution in [0, 0.1) is 5.82 Å². The fourth-order valence-electron chi connectivity index (χ4n) is 2.17. The van der Waals surface area contributed by atoms with E-state index in [2.05, 4.69) is 15.2 Å². The van der Waals surface area contributed by atoms with Crippen LogP contribution in [0.5, 0.6) is 0 Å². The van der Waals surface area contributed by atoms with Gasteiger partial charge in [-0.15, -0.1) is 5.10 Å². The maximum atomic E-state index is 13.7. The summed E-state index contributed by atoms with van der Waals surface area (Å²) in [6.45, 7) is 0. The van der Waals surface area contributed by atoms with E-state index in [1.54, 1.807) is 24.4 Å². The molecule has 0 unspecified atom stereocenters. The third-order valence-corrected chi connectivity index (χ3v) is 4.19. The molecule has 0 saturated carbocycles. The molecule has 0 bridgehead atoms. The predicted molar refractivity (Wildman–Crippen MR) is 98.7 cm³/mol. The van der Waals surface area contributed by atoms with Crippen LogP contribution in [0.1, 0.15) is 11.1 Å². The van der Waals surface area contributed by atoms with Crippen molar-refractivity contribution in [3.05, 3.63) is 77.7 Å². The lowest BCUT2D eigenvalue weighted by molar-refractivity contribution is 0.639. The van der Waals surface area contributed by atoms with E-state index < -0.39 is 0 Å². The molecule has 120 valence electrons. The van der Waals surface area contributed by atoms with Crippen molar-refractivity contribution in [3.63, 3.8) is 0 Å². The largest absolute Gasteiger partial charge is 0.377 e. The molecule has 0 fully saturated rings. The molecule has 0 aliphatic carbocycles. The molecule has 0 radical (unpaired) electrons. The number of nitrogens with two attached hydrogens (primary N) is 1. The molecule has 1 aromatic heterocycles. The number of halogens is 1. The van der Waals surface area contributed by atoms with Gasteiger partial charge in [0.2, 0.25) is 0 Å². The lowest BCUT2D eigenvalue weighted by Gasteiger charge is -2.01. The minimum Gasteiger partial charge on any atom is -0.377 e. The van der Waals surface area contributed by atoms with E-state index in [-0.39, 0.29) is 5.82 Å². The fraction of sp³-hybridized carbons (Fsp3) is 0.0556. The second kappa shape index (κ2) is 7.70. The average molecular weight is 338 g/mol. The van der Waals surface area contributed by atoms with E-state index in [9.17, 15) is 4.39 Å². The molecule has 2 N–H and O–H groups in total. The van der Waals surface area contributed by atoms with Crippen LogP contribution in [0.4, 0.5) is 4.39 Å². The summed E-state index contributed by atoms with van der Waals surface area (Å²) in [6.07, 6.45) is 3.15. The Morgan fingerprint density at radius 1 is 1.12 bits per heavy atom. The molecule has 0 saturated heterocycles. The third kappa shape index (κ3) is 3.97. The summed E-state index contributed by atoms with van der Waals surface area (Å²) < 4.78 is 13.7. The Morgan fingerprint density at radius 2 is 1.96 bits per heavy atom. The Labute approximate surface area is 143 Å². The summed E-state index contributed by atoms with van der Waals surface area (Å²) in [5, 5.41) is 8.78. The maximum absolute atomic E-state index is 13.7. The molecule has 0 aliphatic rings. The first-order chi connectivity index (χ1) is 11.7. The van der Waals surface area contributed by atoms with Crippen molar-refractivity contribution in [3.8, 4) is 0 Å². The second-order valence-corrected chi connectivity index (χ2v) is 5.99. The zero-order valence-corrected chi connectivity index (χ0v) is 13.6. The first-order valence-electron chi connectivity index (χ1n) is 7.30. The molecule has 0 aliphatic heterocycles. The molecule has 0 amide bonds. The van der Waals surface area contributed by atoms with Crippen LogP contribution in [0.2, 0.25) is 0 Å². The quantitative estimate of drug-likeness (QED) is 0.445. The molecule has 2 aromatic carbocycles. The van der Waals surface area contributed by atoms with Gasteiger partial charge in [-0.1, -0.05) is 42.1 Å². The van der Waals surface area contributed by atoms with Gasteiger partial charge in [0.15, 0.2) is 5.17 Å². The number of fused-ring (bicyclic) bond motifs is 1. The molecule has 3 aromatic rings. The monoisotopic (exact) mass is 338 g/mol. The van der Waals surface area contributed by atoms with E-state index in [0.717, 1.165) is 5.75 Å². The van der Waals surface area contributed by atoms with Crippen LogP contribution in [0.15, 0.2) is 71.0 Å². The molecule has 3 rings (SSSR count). The Morgan fingerprint density at radius 3 is 2.79 bits per heavy atom. The highest BCUT2D eigenvalue weighted by molar-refractivity contribution is 8.13. The Bertz CT molecular complexity index is 894. The molecular formula is C18H15FN4S. The molecule has 6 heteroatoms. The molecule has 24 heavy (non-hydrogen) atoms. The van der Waals surface area contributed by atoms with Gasteiger partial charge < -0.3 is 5.73 Å². The summed E-state index contributed by atoms with van der Waals surface area (Å²) in [4.78, 5) is 4.20. The zero-order valence-electron chi connectivity index (χ0n) is 12.8. The van der Waals surface area contributed by atoms with Crippen LogP contribution in [0.3, 0.4) is 0 Å². The van der Waals surface area contributed by atoms with Crippen molar-refractivity contribution in [1.82, 2.24) is 4.98 Å². The maximum Gasteiger partial charge on any atom is 0.180 e. The van der Waals surface area contributed by atoms with E-state index >= 15 is 0 Å². The Kier molecular flexibility index (Phi) is 5.18. The van der Waals surface area contributed by atoms with Crippen molar-refractivity contribution in [2.45, 2.75) is 5.75 Å². The number of rotatable bonds is 4. The minimum atomic E-state index is -0.309. The molecule has 0 atom stereocenters.